The number of carbonyl (C=O) groups is 1. The highest BCUT2D eigenvalue weighted by Crippen LogP contribution is 2.62. The fourth-order valence-corrected chi connectivity index (χ4v) is 8.94. The van der Waals surface area contributed by atoms with Crippen LogP contribution in [0.1, 0.15) is 51.0 Å². The number of hydrogen-bond acceptors (Lipinski definition) is 5. The Balaban J connectivity index is 1.44. The van der Waals surface area contributed by atoms with Gasteiger partial charge < -0.3 is 4.90 Å². The van der Waals surface area contributed by atoms with E-state index in [9.17, 15) is 39.6 Å². The van der Waals surface area contributed by atoms with Crippen molar-refractivity contribution in [1.29, 1.82) is 0 Å². The first-order valence-electron chi connectivity index (χ1n) is 15.3. The maximum atomic E-state index is 15.0. The van der Waals surface area contributed by atoms with Gasteiger partial charge in [-0.1, -0.05) is 84.6 Å². The van der Waals surface area contributed by atoms with Crippen LogP contribution in [0.2, 0.25) is 0 Å². The average Bonchev–Trinajstić information content (AvgIpc) is 3.53. The number of fused-ring (bicyclic) bond motifs is 3. The number of para-hydroxylation sites is 1. The lowest BCUT2D eigenvalue weighted by Crippen LogP contribution is -2.42. The SMILES string of the molecule is CS(=O)(=O)NC1=C2C(=N[C@]3(C(=O)N(Cc4ccccc4)c4ccccc43)[C@@H]2c2ccc(C(F)(F)F)cc2)S[C@H](c2ccc(C(F)(F)F)cc2)C1. The van der Waals surface area contributed by atoms with Crippen molar-refractivity contribution >= 4 is 38.4 Å². The van der Waals surface area contributed by atoms with Crippen LogP contribution in [0.5, 0.6) is 0 Å². The van der Waals surface area contributed by atoms with Gasteiger partial charge in [0.05, 0.1) is 40.6 Å². The van der Waals surface area contributed by atoms with E-state index in [-0.39, 0.29) is 23.7 Å². The van der Waals surface area contributed by atoms with Crippen molar-refractivity contribution in [2.75, 3.05) is 11.2 Å². The van der Waals surface area contributed by atoms with Crippen LogP contribution in [0.15, 0.2) is 119 Å². The summed E-state index contributed by atoms with van der Waals surface area (Å²) >= 11 is 1.17. The smallest absolute Gasteiger partial charge is 0.305 e. The minimum Gasteiger partial charge on any atom is -0.305 e. The zero-order chi connectivity index (χ0) is 35.6. The van der Waals surface area contributed by atoms with Gasteiger partial charge in [0.15, 0.2) is 5.54 Å². The number of sulfonamides is 1. The number of rotatable bonds is 6. The second kappa shape index (κ2) is 12.0. The maximum absolute atomic E-state index is 15.0. The molecule has 7 rings (SSSR count). The number of anilines is 1. The Kier molecular flexibility index (Phi) is 8.17. The van der Waals surface area contributed by atoms with Gasteiger partial charge in [-0.15, -0.1) is 0 Å². The third-order valence-electron chi connectivity index (χ3n) is 9.03. The Hall–Kier alpha value is -4.56. The number of amides is 1. The third kappa shape index (κ3) is 5.97. The van der Waals surface area contributed by atoms with Crippen LogP contribution >= 0.6 is 11.8 Å². The molecule has 1 spiro atoms. The van der Waals surface area contributed by atoms with Crippen LogP contribution in [0.3, 0.4) is 0 Å². The molecule has 14 heteroatoms. The van der Waals surface area contributed by atoms with Gasteiger partial charge in [-0.05, 0) is 47.0 Å². The molecule has 4 aromatic carbocycles. The number of carbonyl (C=O) groups excluding carboxylic acids is 1. The number of halogens is 6. The maximum Gasteiger partial charge on any atom is 0.416 e. The number of aliphatic imine (C=N–C) groups is 1. The van der Waals surface area contributed by atoms with E-state index < -0.39 is 56.1 Å². The number of benzene rings is 4. The van der Waals surface area contributed by atoms with Gasteiger partial charge in [-0.2, -0.15) is 26.3 Å². The minimum atomic E-state index is -4.63. The Bertz CT molecular complexity index is 2150. The van der Waals surface area contributed by atoms with Crippen molar-refractivity contribution in [3.05, 3.63) is 148 Å². The Morgan fingerprint density at radius 3 is 1.96 bits per heavy atom. The number of allylic oxidation sites excluding steroid dienone is 1. The molecule has 0 aliphatic carbocycles. The Morgan fingerprint density at radius 2 is 1.38 bits per heavy atom. The molecule has 4 aromatic rings. The molecular weight excluding hydrogens is 701 g/mol. The van der Waals surface area contributed by atoms with Crippen LogP contribution in [-0.2, 0) is 39.3 Å². The molecule has 3 atom stereocenters. The first-order valence-corrected chi connectivity index (χ1v) is 18.1. The lowest BCUT2D eigenvalue weighted by molar-refractivity contribution is -0.138. The van der Waals surface area contributed by atoms with Gasteiger partial charge >= 0.3 is 12.4 Å². The minimum absolute atomic E-state index is 0.00572. The van der Waals surface area contributed by atoms with Crippen LogP contribution < -0.4 is 9.62 Å². The van der Waals surface area contributed by atoms with Crippen molar-refractivity contribution in [1.82, 2.24) is 4.72 Å². The lowest BCUT2D eigenvalue weighted by Gasteiger charge is -2.33. The summed E-state index contributed by atoms with van der Waals surface area (Å²) in [6, 6.07) is 25.1. The lowest BCUT2D eigenvalue weighted by atomic mass is 9.73. The molecule has 50 heavy (non-hydrogen) atoms. The van der Waals surface area contributed by atoms with Crippen LogP contribution in [-0.4, -0.2) is 25.6 Å². The van der Waals surface area contributed by atoms with Crippen LogP contribution in [0.4, 0.5) is 32.0 Å². The van der Waals surface area contributed by atoms with Crippen molar-refractivity contribution in [2.24, 2.45) is 4.99 Å². The van der Waals surface area contributed by atoms with Crippen molar-refractivity contribution in [3.63, 3.8) is 0 Å². The zero-order valence-electron chi connectivity index (χ0n) is 26.1. The van der Waals surface area contributed by atoms with Crippen LogP contribution in [0, 0.1) is 0 Å². The standard InChI is InChI=1S/C36H27F6N3O3S2/c1-50(47,48)44-27-19-29(22-11-15-24(16-12-22)35(37,38)39)49-32-30(27)31(23-13-17-25(18-14-23)36(40,41)42)34(43-32)26-9-5-6-10-28(26)45(33(34)46)20-21-7-3-2-4-8-21/h2-18,29,31,44H,19-20H2,1H3/t29-,31+,34-/m0/s1. The van der Waals surface area contributed by atoms with Crippen molar-refractivity contribution in [2.45, 2.75) is 42.0 Å². The molecule has 0 fully saturated rings. The van der Waals surface area contributed by atoms with E-state index in [1.54, 1.807) is 29.2 Å². The summed E-state index contributed by atoms with van der Waals surface area (Å²) in [6.45, 7) is 0.165. The predicted molar refractivity (Wildman–Crippen MR) is 179 cm³/mol. The van der Waals surface area contributed by atoms with E-state index in [4.69, 9.17) is 4.99 Å². The second-order valence-corrected chi connectivity index (χ2v) is 15.3. The average molecular weight is 728 g/mol. The summed E-state index contributed by atoms with van der Waals surface area (Å²) in [5, 5.41) is -0.346. The Morgan fingerprint density at radius 1 is 0.820 bits per heavy atom. The molecule has 0 unspecified atom stereocenters. The van der Waals surface area contributed by atoms with E-state index in [0.717, 1.165) is 36.1 Å². The molecule has 3 heterocycles. The van der Waals surface area contributed by atoms with Gasteiger partial charge in [-0.3, -0.25) is 14.5 Å². The van der Waals surface area contributed by atoms with Crippen LogP contribution in [0.25, 0.3) is 0 Å². The molecule has 0 bridgehead atoms. The molecule has 0 saturated carbocycles. The molecular formula is C36H27F6N3O3S2. The van der Waals surface area contributed by atoms with E-state index in [1.165, 1.54) is 36.0 Å². The molecule has 0 saturated heterocycles. The number of thioether (sulfide) groups is 1. The molecule has 258 valence electrons. The second-order valence-electron chi connectivity index (χ2n) is 12.3. The fraction of sp³-hybridized carbons (Fsp3) is 0.222. The summed E-state index contributed by atoms with van der Waals surface area (Å²) in [5.74, 6) is -1.51. The fourth-order valence-electron chi connectivity index (χ4n) is 6.92. The topological polar surface area (TPSA) is 78.8 Å². The van der Waals surface area contributed by atoms with Gasteiger partial charge in [0.25, 0.3) is 5.91 Å². The largest absolute Gasteiger partial charge is 0.416 e. The molecule has 0 aromatic heterocycles. The highest BCUT2D eigenvalue weighted by molar-refractivity contribution is 8.14. The monoisotopic (exact) mass is 727 g/mol. The highest BCUT2D eigenvalue weighted by Gasteiger charge is 2.62. The van der Waals surface area contributed by atoms with E-state index in [1.807, 2.05) is 30.3 Å². The summed E-state index contributed by atoms with van der Waals surface area (Å²) in [6.07, 6.45) is -8.25. The molecule has 1 N–H and O–H groups in total. The van der Waals surface area contributed by atoms with Gasteiger partial charge in [0, 0.05) is 28.5 Å². The molecule has 3 aliphatic rings. The van der Waals surface area contributed by atoms with Gasteiger partial charge in [0.1, 0.15) is 0 Å². The molecule has 0 radical (unpaired) electrons. The summed E-state index contributed by atoms with van der Waals surface area (Å²) in [4.78, 5) is 21.6. The summed E-state index contributed by atoms with van der Waals surface area (Å²) in [7, 11) is -3.95. The quantitative estimate of drug-likeness (QED) is 0.203. The Labute approximate surface area is 288 Å². The first kappa shape index (κ1) is 33.9. The van der Waals surface area contributed by atoms with Crippen molar-refractivity contribution < 1.29 is 39.6 Å². The van der Waals surface area contributed by atoms with Gasteiger partial charge in [0.2, 0.25) is 10.0 Å². The molecule has 6 nitrogen and oxygen atoms in total. The summed E-state index contributed by atoms with van der Waals surface area (Å²) in [5.41, 5.74) is -0.377. The first-order chi connectivity index (χ1) is 23.6. The number of hydrogen-bond donors (Lipinski definition) is 1. The zero-order valence-corrected chi connectivity index (χ0v) is 27.7. The van der Waals surface area contributed by atoms with Crippen molar-refractivity contribution in [3.8, 4) is 0 Å². The molecule has 3 aliphatic heterocycles. The molecule has 1 amide bonds. The van der Waals surface area contributed by atoms with E-state index >= 15 is 0 Å². The number of nitrogens with zero attached hydrogens (tertiary/aromatic N) is 2. The predicted octanol–water partition coefficient (Wildman–Crippen LogP) is 8.34. The summed E-state index contributed by atoms with van der Waals surface area (Å²) < 4.78 is 109. The normalized spacial score (nSPS) is 22.1. The highest BCUT2D eigenvalue weighted by atomic mass is 32.2. The van der Waals surface area contributed by atoms with E-state index in [2.05, 4.69) is 4.72 Å². The third-order valence-corrected chi connectivity index (χ3v) is 10.9. The van der Waals surface area contributed by atoms with Gasteiger partial charge in [-0.25, -0.2) is 8.42 Å². The number of alkyl halides is 6. The van der Waals surface area contributed by atoms with E-state index in [0.29, 0.717) is 28.0 Å². The number of nitrogens with one attached hydrogen (secondary N) is 1.